The molecule has 1 aromatic carbocycles. The smallest absolute Gasteiger partial charge is 0.260 e. The monoisotopic (exact) mass is 284 g/mol. The maximum atomic E-state index is 6.10. The second-order valence-corrected chi connectivity index (χ2v) is 4.93. The molecular formula is C12H10Cl2N2O2. The standard InChI is InChI=1S/C12H10Cl2N2O2/c13-8-2-1-3-9(14)10(8)12-15-11(16-18-12)7-4-5-17-6-7/h1-3,7H,4-6H2/t7-/m0/s1. The van der Waals surface area contributed by atoms with Crippen molar-refractivity contribution >= 4 is 23.2 Å². The Morgan fingerprint density at radius 2 is 2.00 bits per heavy atom. The van der Waals surface area contributed by atoms with Crippen LogP contribution < -0.4 is 0 Å². The molecule has 94 valence electrons. The molecule has 1 aliphatic rings. The lowest BCUT2D eigenvalue weighted by atomic mass is 10.1. The SMILES string of the molecule is Clc1cccc(Cl)c1-c1nc([C@H]2CCOC2)no1. The molecular weight excluding hydrogens is 275 g/mol. The van der Waals surface area contributed by atoms with Crippen molar-refractivity contribution < 1.29 is 9.26 Å². The Morgan fingerprint density at radius 1 is 1.22 bits per heavy atom. The molecule has 0 unspecified atom stereocenters. The van der Waals surface area contributed by atoms with Crippen LogP contribution in [0.25, 0.3) is 11.5 Å². The number of rotatable bonds is 2. The van der Waals surface area contributed by atoms with Crippen LogP contribution in [-0.4, -0.2) is 23.4 Å². The molecule has 3 rings (SSSR count). The molecule has 1 aliphatic heterocycles. The van der Waals surface area contributed by atoms with Gasteiger partial charge in [0.1, 0.15) is 0 Å². The summed E-state index contributed by atoms with van der Waals surface area (Å²) in [6.45, 7) is 1.37. The zero-order chi connectivity index (χ0) is 12.5. The van der Waals surface area contributed by atoms with E-state index in [1.807, 2.05) is 0 Å². The minimum Gasteiger partial charge on any atom is -0.381 e. The summed E-state index contributed by atoms with van der Waals surface area (Å²) in [5.74, 6) is 1.20. The minimum atomic E-state index is 0.198. The van der Waals surface area contributed by atoms with Gasteiger partial charge in [-0.1, -0.05) is 34.4 Å². The van der Waals surface area contributed by atoms with Crippen LogP contribution in [0.4, 0.5) is 0 Å². The average molecular weight is 285 g/mol. The number of hydrogen-bond donors (Lipinski definition) is 0. The Labute approximate surface area is 114 Å². The van der Waals surface area contributed by atoms with Gasteiger partial charge in [-0.25, -0.2) is 0 Å². The highest BCUT2D eigenvalue weighted by atomic mass is 35.5. The van der Waals surface area contributed by atoms with Gasteiger partial charge in [0.15, 0.2) is 5.82 Å². The fraction of sp³-hybridized carbons (Fsp3) is 0.333. The van der Waals surface area contributed by atoms with E-state index in [1.54, 1.807) is 18.2 Å². The van der Waals surface area contributed by atoms with Crippen LogP contribution >= 0.6 is 23.2 Å². The van der Waals surface area contributed by atoms with Gasteiger partial charge in [-0.2, -0.15) is 4.98 Å². The molecule has 6 heteroatoms. The summed E-state index contributed by atoms with van der Waals surface area (Å²) < 4.78 is 10.5. The van der Waals surface area contributed by atoms with Gasteiger partial charge < -0.3 is 9.26 Å². The number of nitrogens with zero attached hydrogens (tertiary/aromatic N) is 2. The molecule has 0 saturated carbocycles. The molecule has 1 aromatic heterocycles. The molecule has 0 aliphatic carbocycles. The number of hydrogen-bond acceptors (Lipinski definition) is 4. The second-order valence-electron chi connectivity index (χ2n) is 4.11. The maximum absolute atomic E-state index is 6.10. The fourth-order valence-corrected chi connectivity index (χ4v) is 2.50. The van der Waals surface area contributed by atoms with Crippen molar-refractivity contribution in [3.8, 4) is 11.5 Å². The average Bonchev–Trinajstić information content (AvgIpc) is 2.99. The number of ether oxygens (including phenoxy) is 1. The lowest BCUT2D eigenvalue weighted by molar-refractivity contribution is 0.192. The van der Waals surface area contributed by atoms with Crippen molar-refractivity contribution in [2.24, 2.45) is 0 Å². The van der Waals surface area contributed by atoms with Crippen molar-refractivity contribution in [2.45, 2.75) is 12.3 Å². The van der Waals surface area contributed by atoms with Crippen molar-refractivity contribution in [1.29, 1.82) is 0 Å². The third-order valence-corrected chi connectivity index (χ3v) is 3.54. The molecule has 1 saturated heterocycles. The molecule has 0 bridgehead atoms. The normalized spacial score (nSPS) is 19.3. The summed E-state index contributed by atoms with van der Waals surface area (Å²) in [5, 5.41) is 4.97. The van der Waals surface area contributed by atoms with Gasteiger partial charge in [-0.3, -0.25) is 0 Å². The quantitative estimate of drug-likeness (QED) is 0.846. The van der Waals surface area contributed by atoms with Crippen LogP contribution in [0.2, 0.25) is 10.0 Å². The lowest BCUT2D eigenvalue weighted by Gasteiger charge is -2.01. The molecule has 18 heavy (non-hydrogen) atoms. The highest BCUT2D eigenvalue weighted by Crippen LogP contribution is 2.34. The number of aromatic nitrogens is 2. The van der Waals surface area contributed by atoms with Crippen LogP contribution in [0.3, 0.4) is 0 Å². The molecule has 1 atom stereocenters. The van der Waals surface area contributed by atoms with Crippen LogP contribution in [0, 0.1) is 0 Å². The Morgan fingerprint density at radius 3 is 2.67 bits per heavy atom. The van der Waals surface area contributed by atoms with Gasteiger partial charge >= 0.3 is 0 Å². The highest BCUT2D eigenvalue weighted by molar-refractivity contribution is 6.38. The predicted octanol–water partition coefficient (Wildman–Crippen LogP) is 3.55. The summed E-state index contributed by atoms with van der Waals surface area (Å²) in [6.07, 6.45) is 0.912. The highest BCUT2D eigenvalue weighted by Gasteiger charge is 2.24. The Kier molecular flexibility index (Phi) is 3.24. The summed E-state index contributed by atoms with van der Waals surface area (Å²) in [5.41, 5.74) is 0.582. The lowest BCUT2D eigenvalue weighted by Crippen LogP contribution is -1.99. The van der Waals surface area contributed by atoms with Crippen LogP contribution in [0.15, 0.2) is 22.7 Å². The molecule has 2 heterocycles. The summed E-state index contributed by atoms with van der Waals surface area (Å²) in [4.78, 5) is 4.36. The van der Waals surface area contributed by atoms with Gasteiger partial charge in [0.05, 0.1) is 22.2 Å². The molecule has 2 aromatic rings. The molecule has 0 radical (unpaired) electrons. The van der Waals surface area contributed by atoms with Gasteiger partial charge in [0.25, 0.3) is 5.89 Å². The first kappa shape index (κ1) is 12.0. The van der Waals surface area contributed by atoms with E-state index in [1.165, 1.54) is 0 Å². The van der Waals surface area contributed by atoms with Crippen molar-refractivity contribution in [1.82, 2.24) is 10.1 Å². The van der Waals surface area contributed by atoms with Gasteiger partial charge in [-0.15, -0.1) is 0 Å². The first-order valence-electron chi connectivity index (χ1n) is 5.61. The maximum Gasteiger partial charge on any atom is 0.260 e. The van der Waals surface area contributed by atoms with Crippen molar-refractivity contribution in [2.75, 3.05) is 13.2 Å². The van der Waals surface area contributed by atoms with E-state index in [4.69, 9.17) is 32.5 Å². The first-order chi connectivity index (χ1) is 8.75. The molecule has 1 fully saturated rings. The predicted molar refractivity (Wildman–Crippen MR) is 67.9 cm³/mol. The van der Waals surface area contributed by atoms with Gasteiger partial charge in [0, 0.05) is 12.5 Å². The van der Waals surface area contributed by atoms with E-state index in [9.17, 15) is 0 Å². The van der Waals surface area contributed by atoms with E-state index >= 15 is 0 Å². The second kappa shape index (κ2) is 4.88. The number of benzene rings is 1. The zero-order valence-electron chi connectivity index (χ0n) is 9.40. The molecule has 0 N–H and O–H groups in total. The Bertz CT molecular complexity index is 545. The van der Waals surface area contributed by atoms with E-state index in [0.717, 1.165) is 13.0 Å². The largest absolute Gasteiger partial charge is 0.381 e. The molecule has 4 nitrogen and oxygen atoms in total. The minimum absolute atomic E-state index is 0.198. The summed E-state index contributed by atoms with van der Waals surface area (Å²) >= 11 is 12.2. The molecule has 0 amide bonds. The summed E-state index contributed by atoms with van der Waals surface area (Å²) in [6, 6.07) is 5.26. The molecule has 0 spiro atoms. The number of halogens is 2. The Balaban J connectivity index is 1.97. The van der Waals surface area contributed by atoms with Crippen molar-refractivity contribution in [3.05, 3.63) is 34.1 Å². The zero-order valence-corrected chi connectivity index (χ0v) is 10.9. The fourth-order valence-electron chi connectivity index (χ4n) is 1.94. The Hall–Kier alpha value is -1.10. The van der Waals surface area contributed by atoms with Crippen LogP contribution in [-0.2, 0) is 4.74 Å². The third kappa shape index (κ3) is 2.11. The first-order valence-corrected chi connectivity index (χ1v) is 6.37. The van der Waals surface area contributed by atoms with E-state index in [0.29, 0.717) is 33.9 Å². The van der Waals surface area contributed by atoms with Crippen molar-refractivity contribution in [3.63, 3.8) is 0 Å². The van der Waals surface area contributed by atoms with Gasteiger partial charge in [0.2, 0.25) is 0 Å². The third-order valence-electron chi connectivity index (χ3n) is 2.91. The summed E-state index contributed by atoms with van der Waals surface area (Å²) in [7, 11) is 0. The van der Waals surface area contributed by atoms with E-state index in [-0.39, 0.29) is 5.92 Å². The van der Waals surface area contributed by atoms with E-state index in [2.05, 4.69) is 10.1 Å². The topological polar surface area (TPSA) is 48.2 Å². The van der Waals surface area contributed by atoms with Crippen LogP contribution in [0.1, 0.15) is 18.2 Å². The van der Waals surface area contributed by atoms with E-state index < -0.39 is 0 Å². The van der Waals surface area contributed by atoms with Gasteiger partial charge in [-0.05, 0) is 18.6 Å². The van der Waals surface area contributed by atoms with Crippen LogP contribution in [0.5, 0.6) is 0 Å².